The van der Waals surface area contributed by atoms with Crippen molar-refractivity contribution in [2.24, 2.45) is 0 Å². The highest BCUT2D eigenvalue weighted by Gasteiger charge is 2.33. The van der Waals surface area contributed by atoms with Crippen LogP contribution in [0.4, 0.5) is 13.2 Å². The molecule has 0 aromatic heterocycles. The number of alkyl halides is 3. The summed E-state index contributed by atoms with van der Waals surface area (Å²) in [7, 11) is 0. The molecule has 2 rings (SSSR count). The molecule has 7 heteroatoms. The Labute approximate surface area is 152 Å². The molecule has 0 heterocycles. The van der Waals surface area contributed by atoms with E-state index in [0.29, 0.717) is 16.7 Å². The van der Waals surface area contributed by atoms with Gasteiger partial charge in [-0.25, -0.2) is 0 Å². The lowest BCUT2D eigenvalue weighted by molar-refractivity contribution is -0.138. The van der Waals surface area contributed by atoms with E-state index in [1.165, 1.54) is 12.1 Å². The van der Waals surface area contributed by atoms with Crippen molar-refractivity contribution >= 4 is 60.6 Å². The molecule has 0 unspecified atom stereocenters. The fourth-order valence-electron chi connectivity index (χ4n) is 1.90. The fourth-order valence-corrected chi connectivity index (χ4v) is 3.21. The van der Waals surface area contributed by atoms with Gasteiger partial charge >= 0.3 is 6.18 Å². The van der Waals surface area contributed by atoms with Gasteiger partial charge in [0.2, 0.25) is 0 Å². The van der Waals surface area contributed by atoms with Gasteiger partial charge in [-0.1, -0.05) is 73.3 Å². The molecule has 0 aliphatic carbocycles. The van der Waals surface area contributed by atoms with Gasteiger partial charge in [0.15, 0.2) is 0 Å². The molecule has 2 aromatic rings. The molecule has 0 radical (unpaired) electrons. The Hall–Kier alpha value is -0.490. The van der Waals surface area contributed by atoms with Gasteiger partial charge in [-0.15, -0.1) is 0 Å². The zero-order valence-electron chi connectivity index (χ0n) is 10.7. The number of hydrogen-bond donors (Lipinski definition) is 0. The first kappa shape index (κ1) is 17.9. The van der Waals surface area contributed by atoms with Crippen LogP contribution >= 0.6 is 55.1 Å². The Morgan fingerprint density at radius 3 is 1.86 bits per heavy atom. The molecule has 0 atom stereocenters. The van der Waals surface area contributed by atoms with E-state index in [-0.39, 0.29) is 8.96 Å². The van der Waals surface area contributed by atoms with Crippen LogP contribution < -0.4 is 0 Å². The molecular formula is C15H7Br2Cl2F3. The Kier molecular flexibility index (Phi) is 5.64. The van der Waals surface area contributed by atoms with Gasteiger partial charge in [0.05, 0.1) is 5.56 Å². The lowest BCUT2D eigenvalue weighted by Gasteiger charge is -2.13. The van der Waals surface area contributed by atoms with Crippen molar-refractivity contribution in [1.29, 1.82) is 0 Å². The van der Waals surface area contributed by atoms with Gasteiger partial charge in [-0.05, 0) is 35.4 Å². The molecule has 0 saturated heterocycles. The molecule has 22 heavy (non-hydrogen) atoms. The van der Waals surface area contributed by atoms with Crippen LogP contribution in [0.15, 0.2) is 55.9 Å². The summed E-state index contributed by atoms with van der Waals surface area (Å²) in [5, 5.41) is 0. The van der Waals surface area contributed by atoms with Gasteiger partial charge in [0, 0.05) is 14.5 Å². The molecule has 0 bridgehead atoms. The van der Waals surface area contributed by atoms with E-state index in [4.69, 9.17) is 23.2 Å². The predicted molar refractivity (Wildman–Crippen MR) is 91.0 cm³/mol. The molecule has 0 fully saturated rings. The maximum Gasteiger partial charge on any atom is 0.417 e. The molecule has 0 amide bonds. The van der Waals surface area contributed by atoms with Gasteiger partial charge in [0.25, 0.3) is 0 Å². The Morgan fingerprint density at radius 2 is 1.41 bits per heavy atom. The van der Waals surface area contributed by atoms with Crippen LogP contribution in [0.2, 0.25) is 0 Å². The number of halogens is 7. The van der Waals surface area contributed by atoms with Crippen LogP contribution in [0, 0.1) is 0 Å². The van der Waals surface area contributed by atoms with Gasteiger partial charge in [-0.2, -0.15) is 13.2 Å². The second-order valence-electron chi connectivity index (χ2n) is 4.33. The Morgan fingerprint density at radius 1 is 0.864 bits per heavy atom. The third kappa shape index (κ3) is 4.07. The van der Waals surface area contributed by atoms with E-state index in [9.17, 15) is 13.2 Å². The van der Waals surface area contributed by atoms with Crippen molar-refractivity contribution in [2.45, 2.75) is 6.18 Å². The molecule has 0 N–H and O–H groups in total. The largest absolute Gasteiger partial charge is 0.417 e. The molecule has 0 nitrogen and oxygen atoms in total. The van der Waals surface area contributed by atoms with Crippen molar-refractivity contribution < 1.29 is 13.2 Å². The highest BCUT2D eigenvalue weighted by Crippen LogP contribution is 2.38. The van der Waals surface area contributed by atoms with Crippen molar-refractivity contribution in [3.05, 3.63) is 72.6 Å². The molecule has 0 saturated carbocycles. The van der Waals surface area contributed by atoms with E-state index in [2.05, 4.69) is 31.9 Å². The summed E-state index contributed by atoms with van der Waals surface area (Å²) >= 11 is 18.1. The first-order valence-electron chi connectivity index (χ1n) is 5.88. The molecule has 0 spiro atoms. The summed E-state index contributed by atoms with van der Waals surface area (Å²) in [6, 6.07) is 10.8. The van der Waals surface area contributed by atoms with Crippen LogP contribution in [0.25, 0.3) is 5.57 Å². The average Bonchev–Trinajstić information content (AvgIpc) is 2.39. The van der Waals surface area contributed by atoms with Gasteiger partial charge in [-0.3, -0.25) is 0 Å². The lowest BCUT2D eigenvalue weighted by Crippen LogP contribution is -2.06. The Bertz CT molecular complexity index is 719. The zero-order valence-corrected chi connectivity index (χ0v) is 15.4. The second-order valence-corrected chi connectivity index (χ2v) is 7.05. The fraction of sp³-hybridized carbons (Fsp3) is 0.0667. The molecule has 0 aliphatic heterocycles. The van der Waals surface area contributed by atoms with Gasteiger partial charge in [0.1, 0.15) is 4.49 Å². The highest BCUT2D eigenvalue weighted by molar-refractivity contribution is 9.10. The van der Waals surface area contributed by atoms with Crippen molar-refractivity contribution in [1.82, 2.24) is 0 Å². The number of rotatable bonds is 2. The molecule has 2 aromatic carbocycles. The lowest BCUT2D eigenvalue weighted by atomic mass is 9.98. The van der Waals surface area contributed by atoms with Crippen molar-refractivity contribution in [2.75, 3.05) is 0 Å². The topological polar surface area (TPSA) is 0 Å². The predicted octanol–water partition coefficient (Wildman–Crippen LogP) is 7.42. The van der Waals surface area contributed by atoms with Gasteiger partial charge < -0.3 is 0 Å². The summed E-state index contributed by atoms with van der Waals surface area (Å²) in [6.45, 7) is 0. The van der Waals surface area contributed by atoms with Crippen LogP contribution in [-0.4, -0.2) is 0 Å². The second kappa shape index (κ2) is 6.95. The quantitative estimate of drug-likeness (QED) is 0.424. The minimum absolute atomic E-state index is 0.0195. The molecular weight excluding hydrogens is 468 g/mol. The summed E-state index contributed by atoms with van der Waals surface area (Å²) in [5.41, 5.74) is 0.902. The third-order valence-corrected chi connectivity index (χ3v) is 4.45. The Balaban J connectivity index is 2.54. The minimum atomic E-state index is -4.43. The summed E-state index contributed by atoms with van der Waals surface area (Å²) < 4.78 is 39.2. The van der Waals surface area contributed by atoms with E-state index < -0.39 is 11.7 Å². The van der Waals surface area contributed by atoms with Crippen molar-refractivity contribution in [3.63, 3.8) is 0 Å². The molecule has 116 valence electrons. The summed E-state index contributed by atoms with van der Waals surface area (Å²) in [6.07, 6.45) is -4.43. The molecule has 0 aliphatic rings. The first-order chi connectivity index (χ1) is 10.2. The van der Waals surface area contributed by atoms with E-state index in [1.807, 2.05) is 0 Å². The van der Waals surface area contributed by atoms with Crippen molar-refractivity contribution in [3.8, 4) is 0 Å². The number of hydrogen-bond acceptors (Lipinski definition) is 0. The van der Waals surface area contributed by atoms with E-state index in [1.54, 1.807) is 24.3 Å². The van der Waals surface area contributed by atoms with E-state index in [0.717, 1.165) is 10.5 Å². The van der Waals surface area contributed by atoms with Crippen LogP contribution in [0.1, 0.15) is 16.7 Å². The van der Waals surface area contributed by atoms with E-state index >= 15 is 0 Å². The van der Waals surface area contributed by atoms with Crippen LogP contribution in [0.3, 0.4) is 0 Å². The standard InChI is InChI=1S/C15H7Br2Cl2F3/c16-10-4-1-8(2-5-10)13(14(18)19)9-3-6-11(12(17)7-9)15(20,21)22/h1-7H. The average molecular weight is 475 g/mol. The zero-order chi connectivity index (χ0) is 16.5. The summed E-state index contributed by atoms with van der Waals surface area (Å²) in [4.78, 5) is 0. The summed E-state index contributed by atoms with van der Waals surface area (Å²) in [5.74, 6) is 0. The third-order valence-electron chi connectivity index (χ3n) is 2.89. The SMILES string of the molecule is FC(F)(F)c1ccc(C(=C(Cl)Cl)c2ccc(Br)cc2)cc1Br. The van der Waals surface area contributed by atoms with Crippen LogP contribution in [-0.2, 0) is 6.18 Å². The maximum absolute atomic E-state index is 12.8. The number of benzene rings is 2. The first-order valence-corrected chi connectivity index (χ1v) is 8.22. The minimum Gasteiger partial charge on any atom is -0.166 e. The highest BCUT2D eigenvalue weighted by atomic mass is 79.9. The normalized spacial score (nSPS) is 11.4. The monoisotopic (exact) mass is 472 g/mol. The maximum atomic E-state index is 12.8. The van der Waals surface area contributed by atoms with Crippen LogP contribution in [0.5, 0.6) is 0 Å². The smallest absolute Gasteiger partial charge is 0.166 e.